The zero-order valence-corrected chi connectivity index (χ0v) is 25.3. The maximum atomic E-state index is 6.21. The summed E-state index contributed by atoms with van der Waals surface area (Å²) in [6.07, 6.45) is 0. The third-order valence-corrected chi connectivity index (χ3v) is 9.45. The molecule has 9 aromatic rings. The van der Waals surface area contributed by atoms with E-state index in [4.69, 9.17) is 14.7 Å². The van der Waals surface area contributed by atoms with Crippen molar-refractivity contribution in [2.75, 3.05) is 0 Å². The Labute approximate surface area is 271 Å². The van der Waals surface area contributed by atoms with Gasteiger partial charge >= 0.3 is 0 Å². The van der Waals surface area contributed by atoms with E-state index in [9.17, 15) is 0 Å². The Bertz CT molecular complexity index is 2650. The molecule has 1 aliphatic heterocycles. The van der Waals surface area contributed by atoms with Crippen molar-refractivity contribution < 1.29 is 4.74 Å². The van der Waals surface area contributed by atoms with Gasteiger partial charge in [-0.3, -0.25) is 0 Å². The van der Waals surface area contributed by atoms with Crippen LogP contribution in [0.1, 0.15) is 0 Å². The molecule has 3 nitrogen and oxygen atoms in total. The molecule has 0 N–H and O–H groups in total. The van der Waals surface area contributed by atoms with Crippen molar-refractivity contribution in [2.24, 2.45) is 0 Å². The lowest BCUT2D eigenvalue weighted by Gasteiger charge is -2.20. The second kappa shape index (κ2) is 10.1. The molecule has 0 bridgehead atoms. The number of hydrogen-bond acceptors (Lipinski definition) is 3. The second-order valence-corrected chi connectivity index (χ2v) is 12.1. The van der Waals surface area contributed by atoms with E-state index in [-0.39, 0.29) is 0 Å². The quantitative estimate of drug-likeness (QED) is 0.190. The molecule has 0 fully saturated rings. The third kappa shape index (κ3) is 4.00. The lowest BCUT2D eigenvalue weighted by atomic mass is 9.85. The summed E-state index contributed by atoms with van der Waals surface area (Å²) in [5.41, 5.74) is 8.64. The van der Waals surface area contributed by atoms with E-state index in [1.807, 2.05) is 36.4 Å². The zero-order valence-electron chi connectivity index (χ0n) is 25.3. The van der Waals surface area contributed by atoms with Crippen LogP contribution in [0.5, 0.6) is 11.5 Å². The molecular formula is C44H26N2O. The predicted octanol–water partition coefficient (Wildman–Crippen LogP) is 11.9. The van der Waals surface area contributed by atoms with Crippen molar-refractivity contribution in [2.45, 2.75) is 0 Å². The Morgan fingerprint density at radius 1 is 0.404 bits per heavy atom. The number of hydrogen-bond donors (Lipinski definition) is 0. The molecule has 0 radical (unpaired) electrons. The van der Waals surface area contributed by atoms with Gasteiger partial charge in [0.05, 0.1) is 16.6 Å². The fourth-order valence-corrected chi connectivity index (χ4v) is 7.31. The monoisotopic (exact) mass is 598 g/mol. The van der Waals surface area contributed by atoms with E-state index in [1.54, 1.807) is 0 Å². The average molecular weight is 599 g/mol. The number of benzene rings is 8. The van der Waals surface area contributed by atoms with Crippen LogP contribution in [0.2, 0.25) is 0 Å². The standard InChI is InChI=1S/C44H26N2O/c1-2-11-30-26-31(25-20-27(30)10-1)41-34-14-5-3-12-32(34)40(33-13-4-6-15-35(33)41)28-21-23-29(24-22-28)44-45-37-17-9-19-39-42(37)43(46-44)36-16-7-8-18-38(36)47-39/h1-26H. The molecule has 3 heteroatoms. The van der Waals surface area contributed by atoms with Crippen LogP contribution < -0.4 is 4.74 Å². The van der Waals surface area contributed by atoms with Gasteiger partial charge in [-0.05, 0) is 84.9 Å². The molecule has 8 aromatic carbocycles. The lowest BCUT2D eigenvalue weighted by Crippen LogP contribution is -2.02. The molecule has 0 spiro atoms. The van der Waals surface area contributed by atoms with Crippen LogP contribution >= 0.6 is 0 Å². The minimum absolute atomic E-state index is 0.703. The molecule has 10 rings (SSSR count). The van der Waals surface area contributed by atoms with Crippen LogP contribution in [-0.4, -0.2) is 9.97 Å². The lowest BCUT2D eigenvalue weighted by molar-refractivity contribution is 0.486. The first kappa shape index (κ1) is 26.0. The van der Waals surface area contributed by atoms with Crippen LogP contribution in [0.3, 0.4) is 0 Å². The second-order valence-electron chi connectivity index (χ2n) is 12.1. The normalized spacial score (nSPS) is 12.0. The zero-order chi connectivity index (χ0) is 30.9. The van der Waals surface area contributed by atoms with Gasteiger partial charge in [-0.1, -0.05) is 127 Å². The van der Waals surface area contributed by atoms with Crippen molar-refractivity contribution in [3.63, 3.8) is 0 Å². The van der Waals surface area contributed by atoms with Crippen molar-refractivity contribution in [3.05, 3.63) is 158 Å². The van der Waals surface area contributed by atoms with Gasteiger partial charge in [0.25, 0.3) is 0 Å². The highest BCUT2D eigenvalue weighted by atomic mass is 16.5. The highest BCUT2D eigenvalue weighted by Crippen LogP contribution is 2.46. The van der Waals surface area contributed by atoms with Gasteiger partial charge < -0.3 is 4.74 Å². The van der Waals surface area contributed by atoms with Crippen LogP contribution in [0.25, 0.3) is 88.1 Å². The Hall–Kier alpha value is -6.32. The molecule has 0 aliphatic carbocycles. The first-order valence-electron chi connectivity index (χ1n) is 15.9. The van der Waals surface area contributed by atoms with E-state index in [0.717, 1.165) is 44.8 Å². The summed E-state index contributed by atoms with van der Waals surface area (Å²) < 4.78 is 6.21. The molecule has 47 heavy (non-hydrogen) atoms. The molecule has 1 aromatic heterocycles. The largest absolute Gasteiger partial charge is 0.456 e. The first-order chi connectivity index (χ1) is 23.3. The molecule has 1 aliphatic rings. The summed E-state index contributed by atoms with van der Waals surface area (Å²) in [7, 11) is 0. The topological polar surface area (TPSA) is 35.0 Å². The van der Waals surface area contributed by atoms with Gasteiger partial charge in [-0.15, -0.1) is 0 Å². The molecule has 0 saturated heterocycles. The molecule has 0 saturated carbocycles. The first-order valence-corrected chi connectivity index (χ1v) is 15.9. The highest BCUT2D eigenvalue weighted by Gasteiger charge is 2.23. The summed E-state index contributed by atoms with van der Waals surface area (Å²) in [5.74, 6) is 2.32. The Balaban J connectivity index is 1.15. The van der Waals surface area contributed by atoms with Gasteiger partial charge in [-0.25, -0.2) is 9.97 Å². The predicted molar refractivity (Wildman–Crippen MR) is 194 cm³/mol. The van der Waals surface area contributed by atoms with Crippen molar-refractivity contribution >= 4 is 43.2 Å². The Morgan fingerprint density at radius 3 is 1.72 bits per heavy atom. The maximum Gasteiger partial charge on any atom is 0.160 e. The number of rotatable bonds is 3. The van der Waals surface area contributed by atoms with Gasteiger partial charge in [0, 0.05) is 11.1 Å². The van der Waals surface area contributed by atoms with Gasteiger partial charge in [-0.2, -0.15) is 0 Å². The minimum atomic E-state index is 0.703. The van der Waals surface area contributed by atoms with E-state index < -0.39 is 0 Å². The molecule has 0 unspecified atom stereocenters. The summed E-state index contributed by atoms with van der Waals surface area (Å²) in [6.45, 7) is 0. The van der Waals surface area contributed by atoms with E-state index in [1.165, 1.54) is 49.0 Å². The number of fused-ring (bicyclic) bond motifs is 5. The SMILES string of the molecule is c1ccc2c(c1)Oc1cccc3nc(-c4ccc(-c5c6ccccc6c(-c6ccc7ccccc7c6)c6ccccc56)cc4)nc-2c13. The van der Waals surface area contributed by atoms with Crippen molar-refractivity contribution in [1.82, 2.24) is 9.97 Å². The van der Waals surface area contributed by atoms with Crippen LogP contribution in [-0.2, 0) is 0 Å². The number of nitrogens with zero attached hydrogens (tertiary/aromatic N) is 2. The third-order valence-electron chi connectivity index (χ3n) is 9.45. The fourth-order valence-electron chi connectivity index (χ4n) is 7.31. The van der Waals surface area contributed by atoms with E-state index >= 15 is 0 Å². The molecule has 0 amide bonds. The van der Waals surface area contributed by atoms with E-state index in [0.29, 0.717) is 5.82 Å². The maximum absolute atomic E-state index is 6.21. The summed E-state index contributed by atoms with van der Waals surface area (Å²) in [6, 6.07) is 55.8. The smallest absolute Gasteiger partial charge is 0.160 e. The average Bonchev–Trinajstić information content (AvgIpc) is 3.14. The van der Waals surface area contributed by atoms with Crippen LogP contribution in [0, 0.1) is 0 Å². The van der Waals surface area contributed by atoms with Crippen molar-refractivity contribution in [1.29, 1.82) is 0 Å². The Kier molecular flexibility index (Phi) is 5.57. The number of aromatic nitrogens is 2. The molecule has 0 atom stereocenters. The van der Waals surface area contributed by atoms with Crippen LogP contribution in [0.4, 0.5) is 0 Å². The minimum Gasteiger partial charge on any atom is -0.456 e. The molecule has 2 heterocycles. The number of para-hydroxylation sites is 1. The highest BCUT2D eigenvalue weighted by molar-refractivity contribution is 6.21. The van der Waals surface area contributed by atoms with Gasteiger partial charge in [0.1, 0.15) is 11.5 Å². The van der Waals surface area contributed by atoms with Gasteiger partial charge in [0.2, 0.25) is 0 Å². The summed E-state index contributed by atoms with van der Waals surface area (Å²) >= 11 is 0. The fraction of sp³-hybridized carbons (Fsp3) is 0. The molecular weight excluding hydrogens is 572 g/mol. The van der Waals surface area contributed by atoms with E-state index in [2.05, 4.69) is 121 Å². The number of ether oxygens (including phenoxy) is 1. The Morgan fingerprint density at radius 2 is 0.979 bits per heavy atom. The van der Waals surface area contributed by atoms with Crippen molar-refractivity contribution in [3.8, 4) is 56.4 Å². The summed E-state index contributed by atoms with van der Waals surface area (Å²) in [5, 5.41) is 8.41. The summed E-state index contributed by atoms with van der Waals surface area (Å²) in [4.78, 5) is 10.1. The molecule has 218 valence electrons. The van der Waals surface area contributed by atoms with Crippen LogP contribution in [0.15, 0.2) is 158 Å². The van der Waals surface area contributed by atoms with Gasteiger partial charge in [0.15, 0.2) is 5.82 Å².